The van der Waals surface area contributed by atoms with Crippen LogP contribution in [0.25, 0.3) is 0 Å². The first-order valence-electron chi connectivity index (χ1n) is 11.3. The highest BCUT2D eigenvalue weighted by Gasteiger charge is 2.55. The number of carbonyl (C=O) groups excluding carboxylic acids is 2. The summed E-state index contributed by atoms with van der Waals surface area (Å²) in [6, 6.07) is 8.57. The Morgan fingerprint density at radius 2 is 1.79 bits per heavy atom. The van der Waals surface area contributed by atoms with Crippen LogP contribution in [-0.2, 0) is 11.3 Å². The predicted molar refractivity (Wildman–Crippen MR) is 114 cm³/mol. The largest absolute Gasteiger partial charge is 0.372 e. The number of quaternary nitrogens is 1. The van der Waals surface area contributed by atoms with E-state index in [1.807, 2.05) is 7.05 Å². The zero-order valence-corrected chi connectivity index (χ0v) is 17.9. The molecule has 1 spiro atoms. The van der Waals surface area contributed by atoms with Gasteiger partial charge in [0.25, 0.3) is 5.91 Å². The molecule has 6 nitrogen and oxygen atoms in total. The summed E-state index contributed by atoms with van der Waals surface area (Å²) in [6.07, 6.45) is 7.83. The fourth-order valence-electron chi connectivity index (χ4n) is 5.29. The lowest BCUT2D eigenvalue weighted by Gasteiger charge is -2.36. The minimum absolute atomic E-state index is 0.0190. The average molecular weight is 400 g/mol. The SMILES string of the molecule is C[C@@H]1CCCC[C@]12NC(=O)N(C[NH+](C)Cc1ccc(N3CCCCC3)cc1)C2=O. The van der Waals surface area contributed by atoms with Crippen molar-refractivity contribution in [3.05, 3.63) is 29.8 Å². The number of nitrogens with zero attached hydrogens (tertiary/aromatic N) is 2. The second-order valence-electron chi connectivity index (χ2n) is 9.29. The Morgan fingerprint density at radius 1 is 1.07 bits per heavy atom. The summed E-state index contributed by atoms with van der Waals surface area (Å²) in [4.78, 5) is 30.8. The zero-order chi connectivity index (χ0) is 20.4. The molecule has 0 radical (unpaired) electrons. The second kappa shape index (κ2) is 8.34. The van der Waals surface area contributed by atoms with Gasteiger partial charge in [0.05, 0.1) is 7.05 Å². The van der Waals surface area contributed by atoms with Crippen LogP contribution in [0.15, 0.2) is 24.3 Å². The molecule has 3 amide bonds. The number of nitrogens with one attached hydrogen (secondary N) is 2. The van der Waals surface area contributed by atoms with Crippen LogP contribution in [0.1, 0.15) is 57.4 Å². The third-order valence-corrected chi connectivity index (χ3v) is 7.09. The number of hydrogen-bond donors (Lipinski definition) is 2. The number of benzene rings is 1. The molecule has 0 aromatic heterocycles. The summed E-state index contributed by atoms with van der Waals surface area (Å²) < 4.78 is 0. The van der Waals surface area contributed by atoms with Crippen molar-refractivity contribution in [1.29, 1.82) is 0 Å². The third kappa shape index (κ3) is 4.00. The van der Waals surface area contributed by atoms with Crippen LogP contribution in [0.5, 0.6) is 0 Å². The van der Waals surface area contributed by atoms with Crippen molar-refractivity contribution in [2.24, 2.45) is 5.92 Å². The average Bonchev–Trinajstić information content (AvgIpc) is 2.96. The molecule has 1 aliphatic carbocycles. The molecule has 2 saturated heterocycles. The normalized spacial score (nSPS) is 28.7. The molecule has 3 fully saturated rings. The number of rotatable bonds is 5. The van der Waals surface area contributed by atoms with Crippen molar-refractivity contribution < 1.29 is 14.5 Å². The molecule has 1 aromatic rings. The van der Waals surface area contributed by atoms with E-state index in [-0.39, 0.29) is 17.9 Å². The zero-order valence-electron chi connectivity index (χ0n) is 17.9. The van der Waals surface area contributed by atoms with Crippen molar-refractivity contribution in [3.8, 4) is 0 Å². The molecule has 158 valence electrons. The van der Waals surface area contributed by atoms with Crippen molar-refractivity contribution in [1.82, 2.24) is 10.2 Å². The number of carbonyl (C=O) groups is 2. The van der Waals surface area contributed by atoms with Gasteiger partial charge in [-0.15, -0.1) is 0 Å². The molecule has 29 heavy (non-hydrogen) atoms. The highest BCUT2D eigenvalue weighted by molar-refractivity contribution is 6.07. The maximum atomic E-state index is 13.1. The van der Waals surface area contributed by atoms with Gasteiger partial charge in [-0.3, -0.25) is 4.79 Å². The van der Waals surface area contributed by atoms with Crippen molar-refractivity contribution in [3.63, 3.8) is 0 Å². The first kappa shape index (κ1) is 20.2. The molecule has 1 aromatic carbocycles. The minimum atomic E-state index is -0.661. The number of imide groups is 1. The van der Waals surface area contributed by atoms with Crippen molar-refractivity contribution >= 4 is 17.6 Å². The number of amides is 3. The van der Waals surface area contributed by atoms with Gasteiger partial charge in [-0.25, -0.2) is 9.69 Å². The van der Waals surface area contributed by atoms with E-state index in [0.29, 0.717) is 6.67 Å². The summed E-state index contributed by atoms with van der Waals surface area (Å²) in [6.45, 7) is 5.60. The van der Waals surface area contributed by atoms with Crippen LogP contribution in [-0.4, -0.2) is 49.2 Å². The fourth-order valence-corrected chi connectivity index (χ4v) is 5.29. The lowest BCUT2D eigenvalue weighted by atomic mass is 9.73. The lowest BCUT2D eigenvalue weighted by Crippen LogP contribution is -3.09. The monoisotopic (exact) mass is 399 g/mol. The van der Waals surface area contributed by atoms with E-state index >= 15 is 0 Å². The van der Waals surface area contributed by atoms with E-state index in [9.17, 15) is 9.59 Å². The molecule has 2 aliphatic heterocycles. The number of anilines is 1. The Labute approximate surface area is 174 Å². The van der Waals surface area contributed by atoms with Crippen molar-refractivity contribution in [2.75, 3.05) is 31.7 Å². The Balaban J connectivity index is 1.36. The molecule has 3 aliphatic rings. The molecule has 3 atom stereocenters. The Morgan fingerprint density at radius 3 is 2.48 bits per heavy atom. The Bertz CT molecular complexity index is 744. The van der Waals surface area contributed by atoms with E-state index in [0.717, 1.165) is 50.2 Å². The quantitative estimate of drug-likeness (QED) is 0.746. The summed E-state index contributed by atoms with van der Waals surface area (Å²) >= 11 is 0. The standard InChI is InChI=1S/C23H34N4O2/c1-18-8-4-5-13-23(18)21(28)27(22(29)24-23)17-25(2)16-19-9-11-20(12-10-19)26-14-6-3-7-15-26/h9-12,18H,3-8,13-17H2,1-2H3,(H,24,29)/p+1/t18-,23+/m1/s1. The second-order valence-corrected chi connectivity index (χ2v) is 9.29. The van der Waals surface area contributed by atoms with Gasteiger partial charge in [0.2, 0.25) is 0 Å². The maximum absolute atomic E-state index is 13.1. The highest BCUT2D eigenvalue weighted by atomic mass is 16.2. The molecule has 1 saturated carbocycles. The van der Waals surface area contributed by atoms with E-state index in [1.165, 1.54) is 35.4 Å². The third-order valence-electron chi connectivity index (χ3n) is 7.09. The predicted octanol–water partition coefficient (Wildman–Crippen LogP) is 2.15. The minimum Gasteiger partial charge on any atom is -0.372 e. The summed E-state index contributed by atoms with van der Waals surface area (Å²) in [5.74, 6) is 0.190. The number of urea groups is 1. The smallest absolute Gasteiger partial charge is 0.329 e. The van der Waals surface area contributed by atoms with Gasteiger partial charge in [0.1, 0.15) is 12.1 Å². The molecular formula is C23H35N4O2+. The first-order chi connectivity index (χ1) is 14.0. The molecular weight excluding hydrogens is 364 g/mol. The van der Waals surface area contributed by atoms with E-state index in [2.05, 4.69) is 41.4 Å². The van der Waals surface area contributed by atoms with Gasteiger partial charge in [-0.1, -0.05) is 31.9 Å². The van der Waals surface area contributed by atoms with Crippen LogP contribution in [0.2, 0.25) is 0 Å². The topological polar surface area (TPSA) is 57.1 Å². The fraction of sp³-hybridized carbons (Fsp3) is 0.652. The van der Waals surface area contributed by atoms with Crippen LogP contribution in [0.4, 0.5) is 10.5 Å². The molecule has 2 heterocycles. The summed E-state index contributed by atoms with van der Waals surface area (Å²) in [5.41, 5.74) is 1.87. The molecule has 1 unspecified atom stereocenters. The Kier molecular flexibility index (Phi) is 5.81. The van der Waals surface area contributed by atoms with Crippen LogP contribution in [0.3, 0.4) is 0 Å². The van der Waals surface area contributed by atoms with Gasteiger partial charge >= 0.3 is 6.03 Å². The van der Waals surface area contributed by atoms with E-state index in [1.54, 1.807) is 0 Å². The lowest BCUT2D eigenvalue weighted by molar-refractivity contribution is -0.901. The van der Waals surface area contributed by atoms with Gasteiger partial charge in [-0.2, -0.15) is 0 Å². The summed E-state index contributed by atoms with van der Waals surface area (Å²) in [5, 5.41) is 3.05. The van der Waals surface area contributed by atoms with E-state index < -0.39 is 5.54 Å². The first-order valence-corrected chi connectivity index (χ1v) is 11.3. The van der Waals surface area contributed by atoms with Gasteiger partial charge < -0.3 is 15.1 Å². The van der Waals surface area contributed by atoms with Crippen LogP contribution < -0.4 is 15.1 Å². The highest BCUT2D eigenvalue weighted by Crippen LogP contribution is 2.37. The molecule has 4 rings (SSSR count). The number of hydrogen-bond acceptors (Lipinski definition) is 3. The van der Waals surface area contributed by atoms with Gasteiger partial charge in [-0.05, 0) is 50.2 Å². The number of piperidine rings is 1. The van der Waals surface area contributed by atoms with Gasteiger partial charge in [0.15, 0.2) is 6.67 Å². The molecule has 2 N–H and O–H groups in total. The maximum Gasteiger partial charge on any atom is 0.329 e. The van der Waals surface area contributed by atoms with Crippen molar-refractivity contribution in [2.45, 2.75) is 64.0 Å². The van der Waals surface area contributed by atoms with Crippen LogP contribution in [0, 0.1) is 5.92 Å². The summed E-state index contributed by atoms with van der Waals surface area (Å²) in [7, 11) is 2.05. The molecule has 0 bridgehead atoms. The van der Waals surface area contributed by atoms with Crippen LogP contribution >= 0.6 is 0 Å². The Hall–Kier alpha value is -2.08. The van der Waals surface area contributed by atoms with E-state index in [4.69, 9.17) is 0 Å². The molecule has 6 heteroatoms. The van der Waals surface area contributed by atoms with Gasteiger partial charge in [0, 0.05) is 24.3 Å².